The second kappa shape index (κ2) is 7.13. The molecule has 3 heterocycles. The van der Waals surface area contributed by atoms with Gasteiger partial charge in [0.1, 0.15) is 11.5 Å². The number of benzene rings is 6. The van der Waals surface area contributed by atoms with Gasteiger partial charge in [-0.05, 0) is 64.0 Å². The van der Waals surface area contributed by atoms with Crippen LogP contribution < -0.4 is 4.74 Å². The van der Waals surface area contributed by atoms with Crippen LogP contribution in [0.2, 0.25) is 0 Å². The van der Waals surface area contributed by atoms with Gasteiger partial charge in [0.25, 0.3) is 0 Å². The highest BCUT2D eigenvalue weighted by molar-refractivity contribution is 6.27. The maximum atomic E-state index is 6.26. The van der Waals surface area contributed by atoms with Gasteiger partial charge in [0, 0.05) is 21.7 Å². The molecule has 4 heteroatoms. The molecule has 6 aromatic carbocycles. The number of rotatable bonds is 1. The second-order valence-corrected chi connectivity index (χ2v) is 10.6. The normalized spacial score (nSPS) is 12.7. The molecule has 2 aromatic heterocycles. The van der Waals surface area contributed by atoms with Gasteiger partial charge in [-0.1, -0.05) is 78.9 Å². The van der Waals surface area contributed by atoms with Crippen LogP contribution in [-0.2, 0) is 0 Å². The third-order valence-electron chi connectivity index (χ3n) is 8.53. The van der Waals surface area contributed by atoms with Gasteiger partial charge in [-0.2, -0.15) is 0 Å². The summed E-state index contributed by atoms with van der Waals surface area (Å²) in [6.45, 7) is 0. The molecule has 0 saturated heterocycles. The van der Waals surface area contributed by atoms with Crippen LogP contribution in [0.3, 0.4) is 0 Å². The quantitative estimate of drug-likeness (QED) is 0.221. The van der Waals surface area contributed by atoms with Gasteiger partial charge in [-0.15, -0.1) is 0 Å². The van der Waals surface area contributed by atoms with Crippen LogP contribution in [0, 0.1) is 0 Å². The molecule has 0 atom stereocenters. The zero-order chi connectivity index (χ0) is 25.9. The van der Waals surface area contributed by atoms with Crippen LogP contribution in [-0.4, -0.2) is 14.5 Å². The predicted molar refractivity (Wildman–Crippen MR) is 161 cm³/mol. The van der Waals surface area contributed by atoms with Gasteiger partial charge in [-0.3, -0.25) is 4.57 Å². The van der Waals surface area contributed by atoms with Crippen molar-refractivity contribution in [2.45, 2.75) is 0 Å². The molecule has 0 N–H and O–H groups in total. The lowest BCUT2D eigenvalue weighted by Crippen LogP contribution is -2.06. The second-order valence-electron chi connectivity index (χ2n) is 10.6. The van der Waals surface area contributed by atoms with Crippen molar-refractivity contribution in [3.05, 3.63) is 115 Å². The summed E-state index contributed by atoms with van der Waals surface area (Å²) in [7, 11) is 0. The number of nitrogens with zero attached hydrogens (tertiary/aromatic N) is 3. The fourth-order valence-electron chi connectivity index (χ4n) is 6.92. The smallest absolute Gasteiger partial charge is 0.235 e. The van der Waals surface area contributed by atoms with Crippen molar-refractivity contribution < 1.29 is 4.74 Å². The van der Waals surface area contributed by atoms with Crippen LogP contribution in [0.4, 0.5) is 0 Å². The van der Waals surface area contributed by atoms with Gasteiger partial charge in [0.2, 0.25) is 5.95 Å². The van der Waals surface area contributed by atoms with E-state index in [4.69, 9.17) is 14.7 Å². The van der Waals surface area contributed by atoms with E-state index in [2.05, 4.69) is 89.5 Å². The Labute approximate surface area is 228 Å². The highest BCUT2D eigenvalue weighted by Crippen LogP contribution is 2.51. The summed E-state index contributed by atoms with van der Waals surface area (Å²) in [5.74, 6) is 2.28. The molecule has 0 unspecified atom stereocenters. The van der Waals surface area contributed by atoms with E-state index in [-0.39, 0.29) is 0 Å². The number of ether oxygens (including phenoxy) is 1. The largest absolute Gasteiger partial charge is 0.456 e. The molecule has 2 aliphatic rings. The monoisotopic (exact) mass is 509 g/mol. The van der Waals surface area contributed by atoms with Gasteiger partial charge in [0.15, 0.2) is 0 Å². The third-order valence-corrected chi connectivity index (χ3v) is 8.53. The van der Waals surface area contributed by atoms with Crippen LogP contribution in [0.15, 0.2) is 115 Å². The highest BCUT2D eigenvalue weighted by atomic mass is 16.5. The third kappa shape index (κ3) is 2.42. The molecular weight excluding hydrogens is 490 g/mol. The predicted octanol–water partition coefficient (Wildman–Crippen LogP) is 9.30. The van der Waals surface area contributed by atoms with E-state index in [0.717, 1.165) is 44.7 Å². The lowest BCUT2D eigenvalue weighted by molar-refractivity contribution is 0.486. The molecule has 1 aliphatic heterocycles. The topological polar surface area (TPSA) is 39.9 Å². The van der Waals surface area contributed by atoms with E-state index in [1.54, 1.807) is 0 Å². The van der Waals surface area contributed by atoms with Gasteiger partial charge >= 0.3 is 0 Å². The number of aromatic nitrogens is 3. The Hall–Kier alpha value is -5.48. The SMILES string of the molecule is c1ccc2c(c1)Oc1cccc3nc(-n4c5ccccc5c5cc6c7c(cccc7c54)-c4ccccc4-6)nc-2c13. The van der Waals surface area contributed by atoms with Crippen LogP contribution in [0.25, 0.3) is 82.9 Å². The average molecular weight is 510 g/mol. The van der Waals surface area contributed by atoms with Crippen LogP contribution in [0.1, 0.15) is 0 Å². The van der Waals surface area contributed by atoms with Crippen molar-refractivity contribution in [2.24, 2.45) is 0 Å². The average Bonchev–Trinajstić information content (AvgIpc) is 3.52. The molecule has 0 bridgehead atoms. The summed E-state index contributed by atoms with van der Waals surface area (Å²) >= 11 is 0. The Morgan fingerprint density at radius 1 is 0.500 bits per heavy atom. The highest BCUT2D eigenvalue weighted by Gasteiger charge is 2.27. The first kappa shape index (κ1) is 20.5. The number of hydrogen-bond acceptors (Lipinski definition) is 3. The molecule has 40 heavy (non-hydrogen) atoms. The first-order chi connectivity index (χ1) is 19.8. The summed E-state index contributed by atoms with van der Waals surface area (Å²) < 4.78 is 8.52. The van der Waals surface area contributed by atoms with Crippen molar-refractivity contribution in [1.29, 1.82) is 0 Å². The minimum Gasteiger partial charge on any atom is -0.456 e. The van der Waals surface area contributed by atoms with E-state index in [0.29, 0.717) is 5.95 Å². The molecule has 10 rings (SSSR count). The summed E-state index contributed by atoms with van der Waals surface area (Å²) in [5, 5.41) is 5.87. The summed E-state index contributed by atoms with van der Waals surface area (Å²) in [4.78, 5) is 10.5. The van der Waals surface area contributed by atoms with E-state index < -0.39 is 0 Å². The summed E-state index contributed by atoms with van der Waals surface area (Å²) in [5.41, 5.74) is 10.2. The molecule has 0 spiro atoms. The molecule has 4 nitrogen and oxygen atoms in total. The Morgan fingerprint density at radius 2 is 1.20 bits per heavy atom. The Balaban J connectivity index is 1.40. The van der Waals surface area contributed by atoms with E-state index in [1.807, 2.05) is 30.3 Å². The fourth-order valence-corrected chi connectivity index (χ4v) is 6.92. The first-order valence-electron chi connectivity index (χ1n) is 13.5. The van der Waals surface area contributed by atoms with Gasteiger partial charge in [-0.25, -0.2) is 9.97 Å². The molecule has 0 saturated carbocycles. The van der Waals surface area contributed by atoms with E-state index >= 15 is 0 Å². The van der Waals surface area contributed by atoms with Crippen molar-refractivity contribution >= 4 is 43.5 Å². The van der Waals surface area contributed by atoms with Gasteiger partial charge in [0.05, 0.1) is 27.6 Å². The molecule has 0 amide bonds. The maximum absolute atomic E-state index is 6.26. The standard InChI is InChI=1S/C36H19N3O/c1-2-10-21-20(9-1)23-13-7-14-25-32(23)26(21)19-27-22-11-3-5-16-29(22)39(35(25)27)36-37-28-15-8-18-31-33(28)34(38-36)24-12-4-6-17-30(24)40-31/h1-19H. The number of fused-ring (bicyclic) bond motifs is 9. The first-order valence-corrected chi connectivity index (χ1v) is 13.5. The van der Waals surface area contributed by atoms with Crippen molar-refractivity contribution in [3.8, 4) is 51.0 Å². The minimum absolute atomic E-state index is 0.666. The van der Waals surface area contributed by atoms with E-state index in [9.17, 15) is 0 Å². The summed E-state index contributed by atoms with van der Waals surface area (Å²) in [6.07, 6.45) is 0. The zero-order valence-corrected chi connectivity index (χ0v) is 21.2. The molecule has 0 fully saturated rings. The maximum Gasteiger partial charge on any atom is 0.235 e. The fraction of sp³-hybridized carbons (Fsp3) is 0. The van der Waals surface area contributed by atoms with E-state index in [1.165, 1.54) is 43.8 Å². The lowest BCUT2D eigenvalue weighted by Gasteiger charge is -2.21. The van der Waals surface area contributed by atoms with Crippen molar-refractivity contribution in [2.75, 3.05) is 0 Å². The number of hydrogen-bond donors (Lipinski definition) is 0. The molecule has 8 aromatic rings. The molecule has 1 aliphatic carbocycles. The Morgan fingerprint density at radius 3 is 2.12 bits per heavy atom. The van der Waals surface area contributed by atoms with Crippen LogP contribution in [0.5, 0.6) is 11.5 Å². The van der Waals surface area contributed by atoms with Crippen molar-refractivity contribution in [3.63, 3.8) is 0 Å². The lowest BCUT2D eigenvalue weighted by atomic mass is 9.99. The Bertz CT molecular complexity index is 2420. The minimum atomic E-state index is 0.666. The van der Waals surface area contributed by atoms with Crippen LogP contribution >= 0.6 is 0 Å². The number of para-hydroxylation sites is 2. The zero-order valence-electron chi connectivity index (χ0n) is 21.2. The molecular formula is C36H19N3O. The summed E-state index contributed by atoms with van der Waals surface area (Å²) in [6, 6.07) is 40.5. The van der Waals surface area contributed by atoms with Gasteiger partial charge < -0.3 is 4.74 Å². The van der Waals surface area contributed by atoms with Crippen molar-refractivity contribution in [1.82, 2.24) is 14.5 Å². The molecule has 0 radical (unpaired) electrons. The molecule has 184 valence electrons. The Kier molecular flexibility index (Phi) is 3.65.